The lowest BCUT2D eigenvalue weighted by atomic mass is 10.3. The monoisotopic (exact) mass is 196 g/mol. The van der Waals surface area contributed by atoms with Crippen molar-refractivity contribution >= 4 is 18.6 Å². The van der Waals surface area contributed by atoms with Crippen molar-refractivity contribution in [1.29, 1.82) is 0 Å². The van der Waals surface area contributed by atoms with Crippen LogP contribution in [0.15, 0.2) is 0 Å². The number of thiol groups is 1. The largest absolute Gasteiger partial charge is 0.481 e. The minimum absolute atomic E-state index is 0.0301. The van der Waals surface area contributed by atoms with Crippen molar-refractivity contribution in [2.24, 2.45) is 0 Å². The summed E-state index contributed by atoms with van der Waals surface area (Å²) in [7, 11) is 0. The van der Waals surface area contributed by atoms with Gasteiger partial charge in [0.15, 0.2) is 0 Å². The first-order chi connectivity index (χ1) is 5.40. The first-order valence-electron chi connectivity index (χ1n) is 3.59. The van der Waals surface area contributed by atoms with E-state index < -0.39 is 12.1 Å². The Morgan fingerprint density at radius 1 is 1.50 bits per heavy atom. The molecule has 0 fully saturated rings. The third-order valence-corrected chi connectivity index (χ3v) is 0.917. The Morgan fingerprint density at radius 3 is 1.83 bits per heavy atom. The summed E-state index contributed by atoms with van der Waals surface area (Å²) in [5.74, 6) is -0.789. The lowest BCUT2D eigenvalue weighted by Gasteiger charge is -1.93. The fraction of sp³-hybridized carbons (Fsp3) is 0.857. The molecule has 4 nitrogen and oxygen atoms in total. The maximum Gasteiger partial charge on any atom is 0.304 e. The van der Waals surface area contributed by atoms with E-state index in [0.29, 0.717) is 0 Å². The van der Waals surface area contributed by atoms with E-state index >= 15 is 0 Å². The molecular formula is C7H16O4S. The molecule has 2 unspecified atom stereocenters. The van der Waals surface area contributed by atoms with Gasteiger partial charge in [-0.1, -0.05) is 6.92 Å². The van der Waals surface area contributed by atoms with E-state index in [2.05, 4.69) is 12.6 Å². The molecule has 0 bridgehead atoms. The number of carbonyl (C=O) groups is 1. The number of aliphatic hydroxyl groups excluding tert-OH is 2. The van der Waals surface area contributed by atoms with Crippen LogP contribution in [0.1, 0.15) is 20.3 Å². The topological polar surface area (TPSA) is 77.8 Å². The summed E-state index contributed by atoms with van der Waals surface area (Å²) in [4.78, 5) is 9.76. The number of aliphatic carboxylic acids is 1. The predicted molar refractivity (Wildman–Crippen MR) is 49.5 cm³/mol. The van der Waals surface area contributed by atoms with Gasteiger partial charge in [0.05, 0.1) is 19.1 Å². The average molecular weight is 196 g/mol. The van der Waals surface area contributed by atoms with Gasteiger partial charge >= 0.3 is 5.97 Å². The normalized spacial score (nSPS) is 14.1. The van der Waals surface area contributed by atoms with E-state index in [4.69, 9.17) is 15.3 Å². The van der Waals surface area contributed by atoms with Crippen LogP contribution in [0.2, 0.25) is 0 Å². The highest BCUT2D eigenvalue weighted by molar-refractivity contribution is 7.80. The summed E-state index contributed by atoms with van der Waals surface area (Å²) >= 11 is 3.86. The van der Waals surface area contributed by atoms with Gasteiger partial charge in [0.25, 0.3) is 0 Å². The molecule has 0 saturated heterocycles. The zero-order valence-corrected chi connectivity index (χ0v) is 8.16. The maximum atomic E-state index is 9.76. The predicted octanol–water partition coefficient (Wildman–Crippen LogP) is 0.139. The van der Waals surface area contributed by atoms with E-state index in [-0.39, 0.29) is 18.3 Å². The fourth-order valence-electron chi connectivity index (χ4n) is 0.253. The molecule has 0 aliphatic rings. The Balaban J connectivity index is 0. The highest BCUT2D eigenvalue weighted by Crippen LogP contribution is 1.96. The Bertz CT molecular complexity index is 114. The number of aliphatic hydroxyl groups is 2. The number of carboxylic acid groups (broad SMARTS) is 1. The third kappa shape index (κ3) is 22.6. The average Bonchev–Trinajstić information content (AvgIpc) is 1.85. The van der Waals surface area contributed by atoms with E-state index in [1.54, 1.807) is 6.92 Å². The molecule has 0 amide bonds. The van der Waals surface area contributed by atoms with Gasteiger partial charge in [-0.2, -0.15) is 12.6 Å². The summed E-state index contributed by atoms with van der Waals surface area (Å²) in [6.07, 6.45) is -0.418. The van der Waals surface area contributed by atoms with E-state index in [1.165, 1.54) is 6.92 Å². The Hall–Kier alpha value is -0.260. The molecule has 0 heterocycles. The van der Waals surface area contributed by atoms with Crippen LogP contribution in [0.25, 0.3) is 0 Å². The van der Waals surface area contributed by atoms with Crippen molar-refractivity contribution in [3.8, 4) is 0 Å². The molecule has 0 rings (SSSR count). The van der Waals surface area contributed by atoms with Gasteiger partial charge in [0.2, 0.25) is 0 Å². The van der Waals surface area contributed by atoms with Crippen molar-refractivity contribution in [2.45, 2.75) is 31.6 Å². The number of rotatable bonds is 3. The molecule has 0 aliphatic carbocycles. The van der Waals surface area contributed by atoms with Crippen molar-refractivity contribution in [2.75, 3.05) is 6.61 Å². The van der Waals surface area contributed by atoms with Crippen LogP contribution in [-0.2, 0) is 4.79 Å². The van der Waals surface area contributed by atoms with Gasteiger partial charge in [-0.05, 0) is 6.92 Å². The summed E-state index contributed by atoms with van der Waals surface area (Å²) in [5.41, 5.74) is 0. The van der Waals surface area contributed by atoms with Crippen LogP contribution in [0, 0.1) is 0 Å². The lowest BCUT2D eigenvalue weighted by molar-refractivity contribution is -0.136. The summed E-state index contributed by atoms with van der Waals surface area (Å²) in [6, 6.07) is 0. The molecule has 0 spiro atoms. The number of hydrogen-bond acceptors (Lipinski definition) is 4. The highest BCUT2D eigenvalue weighted by atomic mass is 32.1. The molecule has 0 radical (unpaired) electrons. The van der Waals surface area contributed by atoms with Crippen molar-refractivity contribution in [1.82, 2.24) is 0 Å². The lowest BCUT2D eigenvalue weighted by Crippen LogP contribution is -2.03. The smallest absolute Gasteiger partial charge is 0.304 e. The quantitative estimate of drug-likeness (QED) is 0.484. The molecule has 12 heavy (non-hydrogen) atoms. The molecule has 3 N–H and O–H groups in total. The molecule has 0 aliphatic heterocycles. The molecule has 0 saturated carbocycles. The summed E-state index contributed by atoms with van der Waals surface area (Å²) in [5, 5.41) is 24.0. The third-order valence-electron chi connectivity index (χ3n) is 0.734. The first-order valence-corrected chi connectivity index (χ1v) is 4.10. The molecule has 0 aromatic rings. The van der Waals surface area contributed by atoms with Crippen LogP contribution in [-0.4, -0.2) is 39.2 Å². The standard InChI is InChI=1S/C4H8O2S.C3H8O2/c1-3(7)2-4(5)6;1-3(5)2-4/h3,7H,2H2,1H3,(H,5,6);3-5H,2H2,1H3. The van der Waals surface area contributed by atoms with E-state index in [9.17, 15) is 4.79 Å². The fourth-order valence-corrected chi connectivity index (χ4v) is 0.409. The second-order valence-electron chi connectivity index (χ2n) is 2.48. The van der Waals surface area contributed by atoms with Crippen LogP contribution in [0.5, 0.6) is 0 Å². The Morgan fingerprint density at radius 2 is 1.83 bits per heavy atom. The minimum atomic E-state index is -0.789. The van der Waals surface area contributed by atoms with Crippen LogP contribution in [0.3, 0.4) is 0 Å². The Labute approximate surface area is 77.6 Å². The Kier molecular flexibility index (Phi) is 10.5. The van der Waals surface area contributed by atoms with Crippen molar-refractivity contribution < 1.29 is 20.1 Å². The van der Waals surface area contributed by atoms with Crippen molar-refractivity contribution in [3.05, 3.63) is 0 Å². The van der Waals surface area contributed by atoms with E-state index in [0.717, 1.165) is 0 Å². The van der Waals surface area contributed by atoms with Gasteiger partial charge in [0, 0.05) is 5.25 Å². The summed E-state index contributed by atoms with van der Waals surface area (Å²) in [6.45, 7) is 3.14. The second kappa shape index (κ2) is 8.83. The highest BCUT2D eigenvalue weighted by Gasteiger charge is 1.99. The number of carboxylic acids is 1. The van der Waals surface area contributed by atoms with Gasteiger partial charge in [-0.3, -0.25) is 4.79 Å². The number of hydrogen-bond donors (Lipinski definition) is 4. The minimum Gasteiger partial charge on any atom is -0.481 e. The SMILES string of the molecule is CC(O)CO.CC(S)CC(=O)O. The van der Waals surface area contributed by atoms with E-state index in [1.807, 2.05) is 0 Å². The molecular weight excluding hydrogens is 180 g/mol. The van der Waals surface area contributed by atoms with Gasteiger partial charge < -0.3 is 15.3 Å². The summed E-state index contributed by atoms with van der Waals surface area (Å²) < 4.78 is 0. The van der Waals surface area contributed by atoms with Crippen LogP contribution in [0.4, 0.5) is 0 Å². The first kappa shape index (κ1) is 14.3. The molecule has 0 aromatic carbocycles. The van der Waals surface area contributed by atoms with Gasteiger partial charge in [-0.25, -0.2) is 0 Å². The van der Waals surface area contributed by atoms with Gasteiger partial charge in [0.1, 0.15) is 0 Å². The van der Waals surface area contributed by atoms with Crippen molar-refractivity contribution in [3.63, 3.8) is 0 Å². The zero-order chi connectivity index (χ0) is 10.1. The zero-order valence-electron chi connectivity index (χ0n) is 7.27. The van der Waals surface area contributed by atoms with Crippen LogP contribution < -0.4 is 0 Å². The molecule has 74 valence electrons. The second-order valence-corrected chi connectivity index (χ2v) is 3.36. The molecule has 0 aromatic heterocycles. The van der Waals surface area contributed by atoms with Gasteiger partial charge in [-0.15, -0.1) is 0 Å². The van der Waals surface area contributed by atoms with Crippen LogP contribution >= 0.6 is 12.6 Å². The maximum absolute atomic E-state index is 9.76. The molecule has 5 heteroatoms. The molecule has 2 atom stereocenters.